The molecular weight excluding hydrogens is 458 g/mol. The van der Waals surface area contributed by atoms with Crippen molar-refractivity contribution in [1.82, 2.24) is 4.31 Å². The molecule has 0 spiro atoms. The number of hydrogen-bond acceptors (Lipinski definition) is 6. The molecule has 9 nitrogen and oxygen atoms in total. The summed E-state index contributed by atoms with van der Waals surface area (Å²) in [6, 6.07) is 11.7. The van der Waals surface area contributed by atoms with E-state index in [0.29, 0.717) is 24.7 Å². The average molecular weight is 488 g/mol. The lowest BCUT2D eigenvalue weighted by Crippen LogP contribution is -2.40. The maximum atomic E-state index is 13.4. The van der Waals surface area contributed by atoms with Gasteiger partial charge in [0.1, 0.15) is 5.75 Å². The first-order chi connectivity index (χ1) is 16.2. The second-order valence-corrected chi connectivity index (χ2v) is 10.5. The Kier molecular flexibility index (Phi) is 6.92. The minimum Gasteiger partial charge on any atom is -0.489 e. The summed E-state index contributed by atoms with van der Waals surface area (Å²) in [5.41, 5.74) is 1.67. The van der Waals surface area contributed by atoms with Crippen molar-refractivity contribution in [3.8, 4) is 5.75 Å². The first-order valence-electron chi connectivity index (χ1n) is 11.2. The number of fused-ring (bicyclic) bond motifs is 1. The Labute approximate surface area is 199 Å². The van der Waals surface area contributed by atoms with Crippen LogP contribution in [0.1, 0.15) is 31.7 Å². The predicted octanol–water partition coefficient (Wildman–Crippen LogP) is 2.58. The Hall–Kier alpha value is -2.95. The van der Waals surface area contributed by atoms with Gasteiger partial charge in [0.15, 0.2) is 0 Å². The van der Waals surface area contributed by atoms with Crippen LogP contribution in [0.2, 0.25) is 0 Å². The summed E-state index contributed by atoms with van der Waals surface area (Å²) in [4.78, 5) is 27.5. The lowest BCUT2D eigenvalue weighted by Gasteiger charge is -2.31. The van der Waals surface area contributed by atoms with Crippen LogP contribution < -0.4 is 15.0 Å². The highest BCUT2D eigenvalue weighted by molar-refractivity contribution is 7.89. The SMILES string of the molecule is CC(C)Oc1ccc(S(=O)(=O)N2CCOCC2)cc1NC(=O)[C@H]1CC(=O)N(C)c2ccccc21. The molecule has 0 aliphatic carbocycles. The van der Waals surface area contributed by atoms with Gasteiger partial charge in [0.05, 0.1) is 35.8 Å². The molecule has 2 heterocycles. The molecule has 2 amide bonds. The summed E-state index contributed by atoms with van der Waals surface area (Å²) in [7, 11) is -2.09. The molecule has 1 N–H and O–H groups in total. The van der Waals surface area contributed by atoms with Gasteiger partial charge < -0.3 is 19.7 Å². The van der Waals surface area contributed by atoms with Gasteiger partial charge in [-0.15, -0.1) is 0 Å². The Morgan fingerprint density at radius 2 is 1.85 bits per heavy atom. The third kappa shape index (κ3) is 4.79. The highest BCUT2D eigenvalue weighted by Crippen LogP contribution is 2.37. The topological polar surface area (TPSA) is 105 Å². The van der Waals surface area contributed by atoms with Gasteiger partial charge in [-0.3, -0.25) is 9.59 Å². The van der Waals surface area contributed by atoms with Gasteiger partial charge in [0.25, 0.3) is 0 Å². The van der Waals surface area contributed by atoms with Gasteiger partial charge in [-0.2, -0.15) is 4.31 Å². The quantitative estimate of drug-likeness (QED) is 0.672. The van der Waals surface area contributed by atoms with Gasteiger partial charge in [0, 0.05) is 32.2 Å². The molecule has 2 aliphatic heterocycles. The van der Waals surface area contributed by atoms with E-state index in [9.17, 15) is 18.0 Å². The molecule has 0 aromatic heterocycles. The Bertz CT molecular complexity index is 1190. The number of morpholine rings is 1. The van der Waals surface area contributed by atoms with Gasteiger partial charge in [-0.05, 0) is 43.7 Å². The van der Waals surface area contributed by atoms with Crippen LogP contribution in [0.15, 0.2) is 47.4 Å². The van der Waals surface area contributed by atoms with E-state index in [4.69, 9.17) is 9.47 Å². The third-order valence-electron chi connectivity index (χ3n) is 5.92. The molecular formula is C24H29N3O6S. The summed E-state index contributed by atoms with van der Waals surface area (Å²) in [5.74, 6) is -0.910. The molecule has 1 saturated heterocycles. The minimum absolute atomic E-state index is 0.0193. The van der Waals surface area contributed by atoms with Crippen LogP contribution in [0, 0.1) is 0 Å². The van der Waals surface area contributed by atoms with E-state index in [1.807, 2.05) is 32.0 Å². The Morgan fingerprint density at radius 1 is 1.15 bits per heavy atom. The number of carbonyl (C=O) groups excluding carboxylic acids is 2. The van der Waals surface area contributed by atoms with Crippen molar-refractivity contribution in [3.63, 3.8) is 0 Å². The smallest absolute Gasteiger partial charge is 0.243 e. The summed E-state index contributed by atoms with van der Waals surface area (Å²) >= 11 is 0. The van der Waals surface area contributed by atoms with Crippen molar-refractivity contribution in [1.29, 1.82) is 0 Å². The first kappa shape index (κ1) is 24.2. The molecule has 0 bridgehead atoms. The van der Waals surface area contributed by atoms with Crippen LogP contribution in [-0.4, -0.2) is 64.0 Å². The monoisotopic (exact) mass is 487 g/mol. The van der Waals surface area contributed by atoms with Crippen LogP contribution >= 0.6 is 0 Å². The normalized spacial score (nSPS) is 19.1. The molecule has 182 valence electrons. The number of nitrogens with zero attached hydrogens (tertiary/aromatic N) is 2. The number of amides is 2. The lowest BCUT2D eigenvalue weighted by atomic mass is 9.89. The average Bonchev–Trinajstić information content (AvgIpc) is 2.82. The van der Waals surface area contributed by atoms with Crippen LogP contribution in [0.25, 0.3) is 0 Å². The summed E-state index contributed by atoms with van der Waals surface area (Å²) < 4.78 is 38.8. The zero-order valence-electron chi connectivity index (χ0n) is 19.5. The molecule has 0 saturated carbocycles. The van der Waals surface area contributed by atoms with E-state index in [0.717, 1.165) is 5.56 Å². The van der Waals surface area contributed by atoms with E-state index >= 15 is 0 Å². The van der Waals surface area contributed by atoms with Crippen molar-refractivity contribution in [2.45, 2.75) is 37.2 Å². The van der Waals surface area contributed by atoms with Gasteiger partial charge in [0.2, 0.25) is 21.8 Å². The van der Waals surface area contributed by atoms with Crippen molar-refractivity contribution in [2.75, 3.05) is 43.6 Å². The van der Waals surface area contributed by atoms with Crippen molar-refractivity contribution >= 4 is 33.2 Å². The summed E-state index contributed by atoms with van der Waals surface area (Å²) in [6.07, 6.45) is -0.172. The molecule has 0 unspecified atom stereocenters. The number of rotatable bonds is 6. The lowest BCUT2D eigenvalue weighted by molar-refractivity contribution is -0.124. The van der Waals surface area contributed by atoms with Gasteiger partial charge in [-0.25, -0.2) is 8.42 Å². The first-order valence-corrected chi connectivity index (χ1v) is 12.7. The highest BCUT2D eigenvalue weighted by atomic mass is 32.2. The molecule has 2 aliphatic rings. The number of nitrogens with one attached hydrogen (secondary N) is 1. The molecule has 0 radical (unpaired) electrons. The maximum absolute atomic E-state index is 13.4. The number of sulfonamides is 1. The number of hydrogen-bond donors (Lipinski definition) is 1. The number of ether oxygens (including phenoxy) is 2. The Balaban J connectivity index is 1.67. The molecule has 34 heavy (non-hydrogen) atoms. The van der Waals surface area contributed by atoms with Crippen molar-refractivity contribution < 1.29 is 27.5 Å². The zero-order valence-corrected chi connectivity index (χ0v) is 20.3. The molecule has 2 aromatic rings. The Morgan fingerprint density at radius 3 is 2.56 bits per heavy atom. The molecule has 10 heteroatoms. The summed E-state index contributed by atoms with van der Waals surface area (Å²) in [6.45, 7) is 4.89. The van der Waals surface area contributed by atoms with Crippen LogP contribution in [0.4, 0.5) is 11.4 Å². The molecule has 4 rings (SSSR count). The highest BCUT2D eigenvalue weighted by Gasteiger charge is 2.34. The second-order valence-electron chi connectivity index (χ2n) is 8.60. The van der Waals surface area contributed by atoms with Crippen LogP contribution in [-0.2, 0) is 24.3 Å². The zero-order chi connectivity index (χ0) is 24.5. The number of carbonyl (C=O) groups is 2. The van der Waals surface area contributed by atoms with E-state index < -0.39 is 21.8 Å². The largest absolute Gasteiger partial charge is 0.489 e. The van der Waals surface area contributed by atoms with E-state index in [-0.39, 0.29) is 42.1 Å². The van der Waals surface area contributed by atoms with Crippen LogP contribution in [0.5, 0.6) is 5.75 Å². The number of anilines is 2. The number of benzene rings is 2. The van der Waals surface area contributed by atoms with E-state index in [1.165, 1.54) is 16.4 Å². The van der Waals surface area contributed by atoms with Gasteiger partial charge in [-0.1, -0.05) is 18.2 Å². The fourth-order valence-electron chi connectivity index (χ4n) is 4.16. The van der Waals surface area contributed by atoms with Gasteiger partial charge >= 0.3 is 0 Å². The fourth-order valence-corrected chi connectivity index (χ4v) is 5.59. The number of para-hydroxylation sites is 1. The van der Waals surface area contributed by atoms with Crippen LogP contribution in [0.3, 0.4) is 0 Å². The fraction of sp³-hybridized carbons (Fsp3) is 0.417. The van der Waals surface area contributed by atoms with Crippen molar-refractivity contribution in [3.05, 3.63) is 48.0 Å². The van der Waals surface area contributed by atoms with E-state index in [1.54, 1.807) is 24.1 Å². The molecule has 1 fully saturated rings. The standard InChI is InChI=1S/C24H29N3O6S/c1-16(2)33-22-9-8-17(34(30,31)27-10-12-32-13-11-27)14-20(22)25-24(29)19-15-23(28)26(3)21-7-5-4-6-18(19)21/h4-9,14,16,19H,10-13,15H2,1-3H3,(H,25,29)/t19-/m0/s1. The molecule has 2 aromatic carbocycles. The minimum atomic E-state index is -3.77. The summed E-state index contributed by atoms with van der Waals surface area (Å²) in [5, 5.41) is 2.83. The maximum Gasteiger partial charge on any atom is 0.243 e. The predicted molar refractivity (Wildman–Crippen MR) is 128 cm³/mol. The molecule has 1 atom stereocenters. The van der Waals surface area contributed by atoms with Crippen molar-refractivity contribution in [2.24, 2.45) is 0 Å². The third-order valence-corrected chi connectivity index (χ3v) is 7.82. The second kappa shape index (κ2) is 9.73. The van der Waals surface area contributed by atoms with E-state index in [2.05, 4.69) is 5.32 Å².